The summed E-state index contributed by atoms with van der Waals surface area (Å²) >= 11 is 0. The van der Waals surface area contributed by atoms with Crippen LogP contribution >= 0.6 is 0 Å². The first-order valence-electron chi connectivity index (χ1n) is 5.01. The van der Waals surface area contributed by atoms with E-state index in [0.717, 1.165) is 11.1 Å². The molecule has 1 heterocycles. The number of nitrogens with zero attached hydrogens (tertiary/aromatic N) is 1. The summed E-state index contributed by atoms with van der Waals surface area (Å²) in [6, 6.07) is 5.23. The van der Waals surface area contributed by atoms with Crippen LogP contribution in [0.4, 0.5) is 5.69 Å². The summed E-state index contributed by atoms with van der Waals surface area (Å²) in [6.07, 6.45) is 4.57. The van der Waals surface area contributed by atoms with Crippen LogP contribution in [0.15, 0.2) is 30.6 Å². The quantitative estimate of drug-likeness (QED) is 0.802. The highest BCUT2D eigenvalue weighted by atomic mass is 32.2. The molecule has 1 aromatic heterocycles. The van der Waals surface area contributed by atoms with Crippen LogP contribution in [0.3, 0.4) is 0 Å². The average molecular weight is 251 g/mol. The number of hydrogen-bond acceptors (Lipinski definition) is 4. The van der Waals surface area contributed by atoms with Gasteiger partial charge in [0.05, 0.1) is 11.9 Å². The van der Waals surface area contributed by atoms with Gasteiger partial charge in [-0.15, -0.1) is 0 Å². The third kappa shape index (κ3) is 2.85. The Bertz CT molecular complexity index is 618. The van der Waals surface area contributed by atoms with Gasteiger partial charge in [0.15, 0.2) is 9.84 Å². The first-order chi connectivity index (χ1) is 7.96. The summed E-state index contributed by atoms with van der Waals surface area (Å²) in [4.78, 5) is 0. The molecule has 0 saturated carbocycles. The van der Waals surface area contributed by atoms with E-state index in [9.17, 15) is 8.42 Å². The Labute approximate surface area is 99.6 Å². The topological polar surface area (TPSA) is 88.8 Å². The van der Waals surface area contributed by atoms with Crippen LogP contribution in [-0.2, 0) is 15.6 Å². The summed E-state index contributed by atoms with van der Waals surface area (Å²) in [5, 5.41) is 6.56. The van der Waals surface area contributed by atoms with Crippen LogP contribution in [0, 0.1) is 0 Å². The van der Waals surface area contributed by atoms with Gasteiger partial charge in [-0.2, -0.15) is 5.10 Å². The van der Waals surface area contributed by atoms with Crippen LogP contribution in [-0.4, -0.2) is 24.9 Å². The number of nitrogen functional groups attached to an aromatic ring is 1. The second kappa shape index (κ2) is 4.21. The number of H-pyrrole nitrogens is 1. The summed E-state index contributed by atoms with van der Waals surface area (Å²) in [7, 11) is -3.09. The molecule has 17 heavy (non-hydrogen) atoms. The standard InChI is InChI=1S/C11H13N3O2S/c1-17(15,16)7-8-4-10(12)2-3-11(8)9-5-13-14-6-9/h2-6H,7,12H2,1H3,(H,13,14). The molecule has 0 bridgehead atoms. The van der Waals surface area contributed by atoms with Gasteiger partial charge >= 0.3 is 0 Å². The highest BCUT2D eigenvalue weighted by molar-refractivity contribution is 7.89. The molecule has 90 valence electrons. The number of benzene rings is 1. The van der Waals surface area contributed by atoms with Crippen LogP contribution in [0.5, 0.6) is 0 Å². The fraction of sp³-hybridized carbons (Fsp3) is 0.182. The van der Waals surface area contributed by atoms with Gasteiger partial charge in [-0.3, -0.25) is 5.10 Å². The van der Waals surface area contributed by atoms with Crippen molar-refractivity contribution in [3.05, 3.63) is 36.2 Å². The third-order valence-corrected chi connectivity index (χ3v) is 3.19. The molecular formula is C11H13N3O2S. The zero-order valence-corrected chi connectivity index (χ0v) is 10.2. The van der Waals surface area contributed by atoms with Gasteiger partial charge in [0.2, 0.25) is 0 Å². The van der Waals surface area contributed by atoms with Crippen molar-refractivity contribution in [2.45, 2.75) is 5.75 Å². The van der Waals surface area contributed by atoms with E-state index in [2.05, 4.69) is 10.2 Å². The number of aromatic nitrogens is 2. The summed E-state index contributed by atoms with van der Waals surface area (Å²) < 4.78 is 22.7. The molecular weight excluding hydrogens is 238 g/mol. The Morgan fingerprint density at radius 2 is 2.18 bits per heavy atom. The number of nitrogens with two attached hydrogens (primary N) is 1. The van der Waals surface area contributed by atoms with E-state index >= 15 is 0 Å². The molecule has 0 atom stereocenters. The molecule has 0 radical (unpaired) electrons. The molecule has 0 aliphatic rings. The second-order valence-corrected chi connectivity index (χ2v) is 6.11. The lowest BCUT2D eigenvalue weighted by molar-refractivity contribution is 0.601. The lowest BCUT2D eigenvalue weighted by Crippen LogP contribution is -2.03. The van der Waals surface area contributed by atoms with Gasteiger partial charge in [0.25, 0.3) is 0 Å². The van der Waals surface area contributed by atoms with E-state index < -0.39 is 9.84 Å². The minimum atomic E-state index is -3.09. The van der Waals surface area contributed by atoms with E-state index in [1.165, 1.54) is 6.26 Å². The van der Waals surface area contributed by atoms with Gasteiger partial charge in [0.1, 0.15) is 0 Å². The van der Waals surface area contributed by atoms with Gasteiger partial charge in [-0.25, -0.2) is 8.42 Å². The van der Waals surface area contributed by atoms with E-state index in [-0.39, 0.29) is 5.75 Å². The summed E-state index contributed by atoms with van der Waals surface area (Å²) in [5.74, 6) is -0.0292. The zero-order valence-electron chi connectivity index (χ0n) is 9.34. The van der Waals surface area contributed by atoms with Crippen LogP contribution in [0.1, 0.15) is 5.56 Å². The SMILES string of the molecule is CS(=O)(=O)Cc1cc(N)ccc1-c1cn[nH]c1. The molecule has 0 spiro atoms. The van der Waals surface area contributed by atoms with Crippen molar-refractivity contribution in [3.63, 3.8) is 0 Å². The summed E-state index contributed by atoms with van der Waals surface area (Å²) in [5.41, 5.74) is 8.60. The highest BCUT2D eigenvalue weighted by Crippen LogP contribution is 2.26. The van der Waals surface area contributed by atoms with Crippen molar-refractivity contribution in [3.8, 4) is 11.1 Å². The summed E-state index contributed by atoms with van der Waals surface area (Å²) in [6.45, 7) is 0. The Balaban J connectivity index is 2.52. The van der Waals surface area contributed by atoms with Gasteiger partial charge < -0.3 is 5.73 Å². The predicted octanol–water partition coefficient (Wildman–Crippen LogP) is 1.20. The molecule has 2 aromatic rings. The molecule has 0 saturated heterocycles. The Hall–Kier alpha value is -1.82. The molecule has 3 N–H and O–H groups in total. The van der Waals surface area contributed by atoms with E-state index in [1.54, 1.807) is 30.6 Å². The largest absolute Gasteiger partial charge is 0.399 e. The van der Waals surface area contributed by atoms with Crippen LogP contribution in [0.25, 0.3) is 11.1 Å². The molecule has 0 aliphatic heterocycles. The van der Waals surface area contributed by atoms with Crippen LogP contribution < -0.4 is 5.73 Å². The van der Waals surface area contributed by atoms with Crippen LogP contribution in [0.2, 0.25) is 0 Å². The fourth-order valence-electron chi connectivity index (χ4n) is 1.70. The fourth-order valence-corrected chi connectivity index (χ4v) is 2.50. The zero-order chi connectivity index (χ0) is 12.5. The molecule has 0 fully saturated rings. The van der Waals surface area contributed by atoms with E-state index in [1.807, 2.05) is 0 Å². The maximum atomic E-state index is 11.4. The highest BCUT2D eigenvalue weighted by Gasteiger charge is 2.11. The first kappa shape index (κ1) is 11.7. The lowest BCUT2D eigenvalue weighted by atomic mass is 10.0. The van der Waals surface area contributed by atoms with Gasteiger partial charge in [-0.05, 0) is 23.3 Å². The van der Waals surface area contributed by atoms with Crippen molar-refractivity contribution in [2.75, 3.05) is 12.0 Å². The Kier molecular flexibility index (Phi) is 2.89. The van der Waals surface area contributed by atoms with Crippen molar-refractivity contribution >= 4 is 15.5 Å². The monoisotopic (exact) mass is 251 g/mol. The van der Waals surface area contributed by atoms with E-state index in [4.69, 9.17) is 5.73 Å². The molecule has 2 rings (SSSR count). The molecule has 0 aliphatic carbocycles. The minimum absolute atomic E-state index is 0.0292. The maximum Gasteiger partial charge on any atom is 0.151 e. The normalized spacial score (nSPS) is 11.6. The maximum absolute atomic E-state index is 11.4. The number of rotatable bonds is 3. The molecule has 6 heteroatoms. The Morgan fingerprint density at radius 1 is 1.41 bits per heavy atom. The lowest BCUT2D eigenvalue weighted by Gasteiger charge is -2.08. The first-order valence-corrected chi connectivity index (χ1v) is 7.07. The number of anilines is 1. The van der Waals surface area contributed by atoms with Crippen molar-refractivity contribution < 1.29 is 8.42 Å². The number of nitrogens with one attached hydrogen (secondary N) is 1. The average Bonchev–Trinajstić information content (AvgIpc) is 2.68. The van der Waals surface area contributed by atoms with Crippen molar-refractivity contribution in [1.29, 1.82) is 0 Å². The third-order valence-electron chi connectivity index (χ3n) is 2.36. The number of aromatic amines is 1. The molecule has 0 unspecified atom stereocenters. The number of hydrogen-bond donors (Lipinski definition) is 2. The molecule has 0 amide bonds. The molecule has 1 aromatic carbocycles. The second-order valence-electron chi connectivity index (χ2n) is 3.97. The van der Waals surface area contributed by atoms with Gasteiger partial charge in [-0.1, -0.05) is 6.07 Å². The van der Waals surface area contributed by atoms with Crippen molar-refractivity contribution in [1.82, 2.24) is 10.2 Å². The van der Waals surface area contributed by atoms with E-state index in [0.29, 0.717) is 11.3 Å². The number of sulfone groups is 1. The van der Waals surface area contributed by atoms with Crippen molar-refractivity contribution in [2.24, 2.45) is 0 Å². The van der Waals surface area contributed by atoms with Gasteiger partial charge in [0, 0.05) is 23.7 Å². The minimum Gasteiger partial charge on any atom is -0.399 e. The molecule has 5 nitrogen and oxygen atoms in total. The Morgan fingerprint density at radius 3 is 2.76 bits per heavy atom. The predicted molar refractivity (Wildman–Crippen MR) is 67.0 cm³/mol. The smallest absolute Gasteiger partial charge is 0.151 e.